The second kappa shape index (κ2) is 8.49. The van der Waals surface area contributed by atoms with Gasteiger partial charge < -0.3 is 19.9 Å². The van der Waals surface area contributed by atoms with Crippen LogP contribution in [0.3, 0.4) is 0 Å². The standard InChI is InChI=1S/C14H16N2O7/c1-3-6-23-8-10(14(18)19)15-13(17)9-4-5-11(16(20)21)12(7-9)22-2/h3-5,7,10H,1,6,8H2,2H3,(H,15,17)(H,18,19). The molecule has 0 aromatic heterocycles. The molecule has 9 nitrogen and oxygen atoms in total. The molecular formula is C14H16N2O7. The SMILES string of the molecule is C=CCOCC(NC(=O)c1ccc([N+](=O)[O-])c(OC)c1)C(=O)O. The predicted octanol–water partition coefficient (Wildman–Crippen LogP) is 0.989. The number of amides is 1. The van der Waals surface area contributed by atoms with Crippen molar-refractivity contribution in [3.8, 4) is 5.75 Å². The summed E-state index contributed by atoms with van der Waals surface area (Å²) in [6.07, 6.45) is 1.45. The molecule has 0 radical (unpaired) electrons. The van der Waals surface area contributed by atoms with Gasteiger partial charge >= 0.3 is 11.7 Å². The highest BCUT2D eigenvalue weighted by Gasteiger charge is 2.23. The minimum absolute atomic E-state index is 0.0300. The van der Waals surface area contributed by atoms with Crippen molar-refractivity contribution in [3.05, 3.63) is 46.5 Å². The number of carboxylic acids is 1. The zero-order chi connectivity index (χ0) is 17.4. The minimum Gasteiger partial charge on any atom is -0.490 e. The molecule has 1 unspecified atom stereocenters. The van der Waals surface area contributed by atoms with Gasteiger partial charge in [0.05, 0.1) is 25.2 Å². The summed E-state index contributed by atoms with van der Waals surface area (Å²) in [7, 11) is 1.23. The van der Waals surface area contributed by atoms with Gasteiger partial charge in [0.25, 0.3) is 5.91 Å². The molecule has 124 valence electrons. The van der Waals surface area contributed by atoms with E-state index in [-0.39, 0.29) is 30.2 Å². The summed E-state index contributed by atoms with van der Waals surface area (Å²) in [5.41, 5.74) is -0.268. The summed E-state index contributed by atoms with van der Waals surface area (Å²) in [6.45, 7) is 3.33. The van der Waals surface area contributed by atoms with Gasteiger partial charge in [-0.1, -0.05) is 6.08 Å². The maximum atomic E-state index is 12.1. The zero-order valence-corrected chi connectivity index (χ0v) is 12.4. The first kappa shape index (κ1) is 18.1. The van der Waals surface area contributed by atoms with Crippen LogP contribution in [0.5, 0.6) is 5.75 Å². The van der Waals surface area contributed by atoms with Gasteiger partial charge in [-0.25, -0.2) is 4.79 Å². The van der Waals surface area contributed by atoms with Gasteiger partial charge in [0, 0.05) is 17.7 Å². The number of carbonyl (C=O) groups excluding carboxylic acids is 1. The maximum absolute atomic E-state index is 12.1. The number of methoxy groups -OCH3 is 1. The Kier molecular flexibility index (Phi) is 6.68. The lowest BCUT2D eigenvalue weighted by Gasteiger charge is -2.14. The lowest BCUT2D eigenvalue weighted by molar-refractivity contribution is -0.385. The molecule has 0 spiro atoms. The molecule has 23 heavy (non-hydrogen) atoms. The topological polar surface area (TPSA) is 128 Å². The Morgan fingerprint density at radius 3 is 2.74 bits per heavy atom. The highest BCUT2D eigenvalue weighted by Crippen LogP contribution is 2.27. The Labute approximate surface area is 131 Å². The van der Waals surface area contributed by atoms with Crippen LogP contribution in [-0.4, -0.2) is 48.3 Å². The molecule has 0 heterocycles. The first-order valence-electron chi connectivity index (χ1n) is 6.45. The van der Waals surface area contributed by atoms with E-state index in [4.69, 9.17) is 14.6 Å². The quantitative estimate of drug-likeness (QED) is 0.300. The molecule has 0 saturated heterocycles. The van der Waals surface area contributed by atoms with Gasteiger partial charge in [0.1, 0.15) is 0 Å². The number of aliphatic carboxylic acids is 1. The van der Waals surface area contributed by atoms with Crippen molar-refractivity contribution in [2.24, 2.45) is 0 Å². The fraction of sp³-hybridized carbons (Fsp3) is 0.286. The van der Waals surface area contributed by atoms with E-state index in [9.17, 15) is 19.7 Å². The van der Waals surface area contributed by atoms with Gasteiger partial charge in [0.2, 0.25) is 0 Å². The number of hydrogen-bond acceptors (Lipinski definition) is 6. The van der Waals surface area contributed by atoms with E-state index in [1.165, 1.54) is 19.3 Å². The molecule has 0 saturated carbocycles. The molecule has 1 rings (SSSR count). The van der Waals surface area contributed by atoms with E-state index in [1.54, 1.807) is 0 Å². The second-order valence-corrected chi connectivity index (χ2v) is 4.33. The normalized spacial score (nSPS) is 11.3. The Hall–Kier alpha value is -2.94. The molecule has 1 amide bonds. The van der Waals surface area contributed by atoms with Crippen LogP contribution in [0.2, 0.25) is 0 Å². The third-order valence-corrected chi connectivity index (χ3v) is 2.76. The minimum atomic E-state index is -1.27. The Bertz CT molecular complexity index is 615. The molecule has 0 aliphatic rings. The van der Waals surface area contributed by atoms with Gasteiger partial charge in [-0.05, 0) is 6.07 Å². The number of rotatable bonds is 9. The number of nitro groups is 1. The number of nitrogens with zero attached hydrogens (tertiary/aromatic N) is 1. The molecule has 9 heteroatoms. The van der Waals surface area contributed by atoms with Gasteiger partial charge in [-0.3, -0.25) is 14.9 Å². The summed E-state index contributed by atoms with van der Waals surface area (Å²) >= 11 is 0. The number of benzene rings is 1. The summed E-state index contributed by atoms with van der Waals surface area (Å²) in [5, 5.41) is 22.1. The van der Waals surface area contributed by atoms with Crippen LogP contribution < -0.4 is 10.1 Å². The van der Waals surface area contributed by atoms with Crippen molar-refractivity contribution in [1.82, 2.24) is 5.32 Å². The van der Waals surface area contributed by atoms with Crippen LogP contribution in [-0.2, 0) is 9.53 Å². The van der Waals surface area contributed by atoms with E-state index in [0.29, 0.717) is 0 Å². The number of ether oxygens (including phenoxy) is 2. The Morgan fingerprint density at radius 1 is 1.52 bits per heavy atom. The van der Waals surface area contributed by atoms with E-state index in [2.05, 4.69) is 11.9 Å². The molecule has 0 aliphatic heterocycles. The molecule has 1 aromatic carbocycles. The molecule has 2 N–H and O–H groups in total. The number of nitro benzene ring substituents is 1. The monoisotopic (exact) mass is 324 g/mol. The first-order valence-corrected chi connectivity index (χ1v) is 6.45. The fourth-order valence-electron chi connectivity index (χ4n) is 1.66. The number of hydrogen-bond donors (Lipinski definition) is 2. The molecular weight excluding hydrogens is 308 g/mol. The Balaban J connectivity index is 2.88. The molecule has 0 bridgehead atoms. The number of carbonyl (C=O) groups is 2. The van der Waals surface area contributed by atoms with E-state index in [1.807, 2.05) is 0 Å². The number of carboxylic acid groups (broad SMARTS) is 1. The first-order chi connectivity index (χ1) is 10.9. The van der Waals surface area contributed by atoms with Gasteiger partial charge in [-0.15, -0.1) is 6.58 Å². The van der Waals surface area contributed by atoms with E-state index >= 15 is 0 Å². The van der Waals surface area contributed by atoms with Crippen LogP contribution in [0.1, 0.15) is 10.4 Å². The average Bonchev–Trinajstić information content (AvgIpc) is 2.52. The number of nitrogens with one attached hydrogen (secondary N) is 1. The average molecular weight is 324 g/mol. The van der Waals surface area contributed by atoms with Crippen molar-refractivity contribution in [1.29, 1.82) is 0 Å². The highest BCUT2D eigenvalue weighted by molar-refractivity contribution is 5.97. The maximum Gasteiger partial charge on any atom is 0.328 e. The summed E-state index contributed by atoms with van der Waals surface area (Å²) in [5.74, 6) is -2.08. The van der Waals surface area contributed by atoms with Crippen molar-refractivity contribution in [2.75, 3.05) is 20.3 Å². The van der Waals surface area contributed by atoms with Crippen molar-refractivity contribution in [3.63, 3.8) is 0 Å². The summed E-state index contributed by atoms with van der Waals surface area (Å²) < 4.78 is 9.87. The van der Waals surface area contributed by atoms with E-state index < -0.39 is 22.8 Å². The summed E-state index contributed by atoms with van der Waals surface area (Å²) in [4.78, 5) is 33.3. The zero-order valence-electron chi connectivity index (χ0n) is 12.4. The van der Waals surface area contributed by atoms with E-state index in [0.717, 1.165) is 12.1 Å². The molecule has 1 aromatic rings. The Morgan fingerprint density at radius 2 is 2.22 bits per heavy atom. The second-order valence-electron chi connectivity index (χ2n) is 4.33. The van der Waals surface area contributed by atoms with Crippen LogP contribution in [0, 0.1) is 10.1 Å². The van der Waals surface area contributed by atoms with Crippen LogP contribution >= 0.6 is 0 Å². The molecule has 0 fully saturated rings. The molecule has 1 atom stereocenters. The lowest BCUT2D eigenvalue weighted by atomic mass is 10.1. The van der Waals surface area contributed by atoms with Gasteiger partial charge in [-0.2, -0.15) is 0 Å². The third-order valence-electron chi connectivity index (χ3n) is 2.76. The summed E-state index contributed by atoms with van der Waals surface area (Å²) in [6, 6.07) is 2.22. The smallest absolute Gasteiger partial charge is 0.328 e. The van der Waals surface area contributed by atoms with Gasteiger partial charge in [0.15, 0.2) is 11.8 Å². The van der Waals surface area contributed by atoms with Crippen molar-refractivity contribution >= 4 is 17.6 Å². The van der Waals surface area contributed by atoms with Crippen LogP contribution in [0.4, 0.5) is 5.69 Å². The lowest BCUT2D eigenvalue weighted by Crippen LogP contribution is -2.44. The molecule has 0 aliphatic carbocycles. The van der Waals surface area contributed by atoms with Crippen molar-refractivity contribution in [2.45, 2.75) is 6.04 Å². The van der Waals surface area contributed by atoms with Crippen LogP contribution in [0.15, 0.2) is 30.9 Å². The fourth-order valence-corrected chi connectivity index (χ4v) is 1.66. The van der Waals surface area contributed by atoms with Crippen molar-refractivity contribution < 1.29 is 29.1 Å². The highest BCUT2D eigenvalue weighted by atomic mass is 16.6. The third kappa shape index (κ3) is 5.08. The van der Waals surface area contributed by atoms with Crippen LogP contribution in [0.25, 0.3) is 0 Å². The predicted molar refractivity (Wildman–Crippen MR) is 79.6 cm³/mol. The largest absolute Gasteiger partial charge is 0.490 e.